The first-order valence-electron chi connectivity index (χ1n) is 6.55. The molecule has 1 saturated carbocycles. The first kappa shape index (κ1) is 13.4. The Hall–Kier alpha value is 0.310. The summed E-state index contributed by atoms with van der Waals surface area (Å²) in [6, 6.07) is 0. The van der Waals surface area contributed by atoms with Crippen LogP contribution in [-0.4, -0.2) is 30.8 Å². The highest BCUT2D eigenvalue weighted by atomic mass is 32.1. The lowest BCUT2D eigenvalue weighted by molar-refractivity contribution is 0.212. The van der Waals surface area contributed by atoms with Crippen LogP contribution in [0, 0.1) is 11.8 Å². The van der Waals surface area contributed by atoms with Gasteiger partial charge in [-0.15, -0.1) is 0 Å². The Morgan fingerprint density at radius 2 is 1.93 bits per heavy atom. The Morgan fingerprint density at radius 1 is 1.27 bits per heavy atom. The summed E-state index contributed by atoms with van der Waals surface area (Å²) >= 11 is 4.41. The van der Waals surface area contributed by atoms with Crippen LogP contribution < -0.4 is 0 Å². The Kier molecular flexibility index (Phi) is 6.74. The second-order valence-corrected chi connectivity index (χ2v) is 5.55. The van der Waals surface area contributed by atoms with Gasteiger partial charge in [0.05, 0.1) is 0 Å². The predicted molar refractivity (Wildman–Crippen MR) is 71.7 cm³/mol. The van der Waals surface area contributed by atoms with Crippen molar-refractivity contribution in [3.8, 4) is 0 Å². The van der Waals surface area contributed by atoms with Gasteiger partial charge in [0.1, 0.15) is 0 Å². The number of rotatable bonds is 6. The average Bonchev–Trinajstić information content (AvgIpc) is 2.27. The third-order valence-corrected chi connectivity index (χ3v) is 4.22. The van der Waals surface area contributed by atoms with Crippen LogP contribution in [0.5, 0.6) is 0 Å². The van der Waals surface area contributed by atoms with Gasteiger partial charge in [0.15, 0.2) is 0 Å². The molecule has 0 heterocycles. The monoisotopic (exact) mass is 229 g/mol. The Bertz CT molecular complexity index is 151. The molecule has 0 aliphatic heterocycles. The standard InChI is InChI=1S/C13H27NS/c1-3-12(11-15)9-14(2)10-13-7-5-4-6-8-13/h12-13,15H,3-11H2,1-2H3. The summed E-state index contributed by atoms with van der Waals surface area (Å²) in [7, 11) is 2.28. The van der Waals surface area contributed by atoms with Gasteiger partial charge in [-0.3, -0.25) is 0 Å². The number of nitrogens with zero attached hydrogens (tertiary/aromatic N) is 1. The van der Waals surface area contributed by atoms with Gasteiger partial charge in [0.2, 0.25) is 0 Å². The van der Waals surface area contributed by atoms with Crippen LogP contribution in [0.1, 0.15) is 45.4 Å². The van der Waals surface area contributed by atoms with E-state index in [0.717, 1.165) is 17.6 Å². The summed E-state index contributed by atoms with van der Waals surface area (Å²) in [6.07, 6.45) is 8.57. The SMILES string of the molecule is CCC(CS)CN(C)CC1CCCCC1. The molecule has 0 saturated heterocycles. The topological polar surface area (TPSA) is 3.24 Å². The van der Waals surface area contributed by atoms with Gasteiger partial charge in [-0.05, 0) is 37.5 Å². The van der Waals surface area contributed by atoms with Crippen LogP contribution in [0.15, 0.2) is 0 Å². The van der Waals surface area contributed by atoms with Gasteiger partial charge in [-0.25, -0.2) is 0 Å². The van der Waals surface area contributed by atoms with E-state index in [-0.39, 0.29) is 0 Å². The molecule has 1 nitrogen and oxygen atoms in total. The van der Waals surface area contributed by atoms with E-state index in [9.17, 15) is 0 Å². The highest BCUT2D eigenvalue weighted by molar-refractivity contribution is 7.80. The maximum absolute atomic E-state index is 4.41. The molecule has 0 N–H and O–H groups in total. The molecule has 1 fully saturated rings. The van der Waals surface area contributed by atoms with Gasteiger partial charge in [-0.1, -0.05) is 32.6 Å². The fraction of sp³-hybridized carbons (Fsp3) is 1.00. The molecule has 0 aromatic carbocycles. The van der Waals surface area contributed by atoms with Crippen LogP contribution in [0.4, 0.5) is 0 Å². The molecule has 2 heteroatoms. The molecule has 1 rings (SSSR count). The first-order chi connectivity index (χ1) is 7.26. The highest BCUT2D eigenvalue weighted by Crippen LogP contribution is 2.24. The molecule has 0 aromatic heterocycles. The van der Waals surface area contributed by atoms with Crippen molar-refractivity contribution in [1.29, 1.82) is 0 Å². The molecule has 0 bridgehead atoms. The average molecular weight is 229 g/mol. The third kappa shape index (κ3) is 5.26. The van der Waals surface area contributed by atoms with Gasteiger partial charge >= 0.3 is 0 Å². The zero-order chi connectivity index (χ0) is 11.1. The van der Waals surface area contributed by atoms with Crippen molar-refractivity contribution in [2.45, 2.75) is 45.4 Å². The van der Waals surface area contributed by atoms with Crippen molar-refractivity contribution >= 4 is 12.6 Å². The number of hydrogen-bond donors (Lipinski definition) is 1. The minimum Gasteiger partial charge on any atom is -0.306 e. The summed E-state index contributed by atoms with van der Waals surface area (Å²) in [6.45, 7) is 4.82. The van der Waals surface area contributed by atoms with Crippen molar-refractivity contribution in [3.05, 3.63) is 0 Å². The van der Waals surface area contributed by atoms with Crippen molar-refractivity contribution in [2.75, 3.05) is 25.9 Å². The van der Waals surface area contributed by atoms with Crippen LogP contribution in [0.2, 0.25) is 0 Å². The number of hydrogen-bond acceptors (Lipinski definition) is 2. The Morgan fingerprint density at radius 3 is 2.47 bits per heavy atom. The number of thiol groups is 1. The van der Waals surface area contributed by atoms with Crippen LogP contribution in [0.3, 0.4) is 0 Å². The van der Waals surface area contributed by atoms with E-state index in [1.165, 1.54) is 51.6 Å². The molecule has 1 unspecified atom stereocenters. The van der Waals surface area contributed by atoms with Crippen molar-refractivity contribution in [1.82, 2.24) is 4.90 Å². The van der Waals surface area contributed by atoms with Gasteiger partial charge in [-0.2, -0.15) is 12.6 Å². The summed E-state index contributed by atoms with van der Waals surface area (Å²) in [5.41, 5.74) is 0. The Labute approximate surface area is 101 Å². The first-order valence-corrected chi connectivity index (χ1v) is 7.18. The summed E-state index contributed by atoms with van der Waals surface area (Å²) in [5, 5.41) is 0. The maximum atomic E-state index is 4.41. The summed E-state index contributed by atoms with van der Waals surface area (Å²) in [5.74, 6) is 2.79. The molecule has 90 valence electrons. The van der Waals surface area contributed by atoms with Crippen LogP contribution in [0.25, 0.3) is 0 Å². The van der Waals surface area contributed by atoms with E-state index >= 15 is 0 Å². The zero-order valence-corrected chi connectivity index (χ0v) is 11.3. The van der Waals surface area contributed by atoms with Gasteiger partial charge in [0.25, 0.3) is 0 Å². The second kappa shape index (κ2) is 7.56. The van der Waals surface area contributed by atoms with Gasteiger partial charge in [0, 0.05) is 13.1 Å². The van der Waals surface area contributed by atoms with Gasteiger partial charge < -0.3 is 4.90 Å². The smallest absolute Gasteiger partial charge is 0.00144 e. The second-order valence-electron chi connectivity index (χ2n) is 5.18. The third-order valence-electron chi connectivity index (χ3n) is 3.70. The van der Waals surface area contributed by atoms with E-state index in [2.05, 4.69) is 31.5 Å². The van der Waals surface area contributed by atoms with E-state index in [0.29, 0.717) is 0 Å². The summed E-state index contributed by atoms with van der Waals surface area (Å²) < 4.78 is 0. The molecule has 15 heavy (non-hydrogen) atoms. The molecular weight excluding hydrogens is 202 g/mol. The molecule has 1 aliphatic rings. The largest absolute Gasteiger partial charge is 0.306 e. The van der Waals surface area contributed by atoms with E-state index in [4.69, 9.17) is 0 Å². The molecule has 0 amide bonds. The fourth-order valence-corrected chi connectivity index (χ4v) is 3.02. The molecular formula is C13H27NS. The van der Waals surface area contributed by atoms with Crippen molar-refractivity contribution < 1.29 is 0 Å². The highest BCUT2D eigenvalue weighted by Gasteiger charge is 2.16. The molecule has 1 aliphatic carbocycles. The molecule has 0 radical (unpaired) electrons. The minimum absolute atomic E-state index is 0.780. The van der Waals surface area contributed by atoms with E-state index in [1.807, 2.05) is 0 Å². The van der Waals surface area contributed by atoms with E-state index < -0.39 is 0 Å². The zero-order valence-electron chi connectivity index (χ0n) is 10.4. The normalized spacial score (nSPS) is 20.8. The molecule has 0 aromatic rings. The Balaban J connectivity index is 2.18. The minimum atomic E-state index is 0.780. The van der Waals surface area contributed by atoms with Crippen molar-refractivity contribution in [3.63, 3.8) is 0 Å². The van der Waals surface area contributed by atoms with Crippen LogP contribution in [-0.2, 0) is 0 Å². The lowest BCUT2D eigenvalue weighted by Crippen LogP contribution is -2.31. The molecule has 1 atom stereocenters. The lowest BCUT2D eigenvalue weighted by atomic mass is 9.89. The van der Waals surface area contributed by atoms with E-state index in [1.54, 1.807) is 0 Å². The summed E-state index contributed by atoms with van der Waals surface area (Å²) in [4.78, 5) is 2.53. The maximum Gasteiger partial charge on any atom is 0.00144 e. The lowest BCUT2D eigenvalue weighted by Gasteiger charge is -2.29. The quantitative estimate of drug-likeness (QED) is 0.683. The van der Waals surface area contributed by atoms with Crippen LogP contribution >= 0.6 is 12.6 Å². The molecule has 0 spiro atoms. The fourth-order valence-electron chi connectivity index (χ4n) is 2.64. The van der Waals surface area contributed by atoms with Crippen molar-refractivity contribution in [2.24, 2.45) is 11.8 Å². The predicted octanol–water partition coefficient (Wildman–Crippen LogP) is 3.45.